The average molecular weight is 330 g/mol. The van der Waals surface area contributed by atoms with Crippen molar-refractivity contribution < 1.29 is 29.7 Å². The fourth-order valence-electron chi connectivity index (χ4n) is 1.03. The zero-order valence-electron chi connectivity index (χ0n) is 11.6. The molecule has 126 valence electrons. The molecule has 0 aliphatic carbocycles. The molecule has 9 nitrogen and oxygen atoms in total. The Morgan fingerprint density at radius 3 is 1.62 bits per heavy atom. The Hall–Kier alpha value is -1.42. The molecule has 0 aromatic rings. The summed E-state index contributed by atoms with van der Waals surface area (Å²) in [6.45, 7) is 0.604. The maximum absolute atomic E-state index is 10.1. The summed E-state index contributed by atoms with van der Waals surface area (Å²) >= 11 is 0. The zero-order chi connectivity index (χ0) is 16.1. The van der Waals surface area contributed by atoms with Crippen molar-refractivity contribution in [1.82, 2.24) is 0 Å². The van der Waals surface area contributed by atoms with Crippen LogP contribution in [0.2, 0.25) is 0 Å². The average Bonchev–Trinajstić information content (AvgIpc) is 2.36. The molecule has 0 heterocycles. The summed E-state index contributed by atoms with van der Waals surface area (Å²) in [4.78, 5) is 30.0. The highest BCUT2D eigenvalue weighted by atomic mass is 35.5. The monoisotopic (exact) mass is 329 g/mol. The Morgan fingerprint density at radius 1 is 0.857 bits per heavy atom. The first-order chi connectivity index (χ1) is 9.22. The second-order valence-corrected chi connectivity index (χ2v) is 4.11. The lowest BCUT2D eigenvalue weighted by atomic mass is 10.1. The minimum Gasteiger partial charge on any atom is -0.481 e. The lowest BCUT2D eigenvalue weighted by Gasteiger charge is -2.03. The van der Waals surface area contributed by atoms with Crippen molar-refractivity contribution in [2.45, 2.75) is 44.2 Å². The summed E-state index contributed by atoms with van der Waals surface area (Å²) < 4.78 is 0. The second kappa shape index (κ2) is 15.0. The van der Waals surface area contributed by atoms with E-state index in [2.05, 4.69) is 0 Å². The van der Waals surface area contributed by atoms with Gasteiger partial charge in [-0.25, -0.2) is 0 Å². The molecule has 0 rings (SSSR count). The molecule has 0 aromatic heterocycles. The van der Waals surface area contributed by atoms with E-state index in [1.165, 1.54) is 0 Å². The SMILES string of the molecule is Cl.NCCCC[C@H](N)C(=O)O.N[C@@H](CCC(=O)O)C(=O)O. The van der Waals surface area contributed by atoms with Crippen molar-refractivity contribution in [2.24, 2.45) is 17.2 Å². The standard InChI is InChI=1S/C6H14N2O2.C5H9NO4.ClH/c7-4-2-1-3-5(8)6(9)10;6-3(5(9)10)1-2-4(7)8;/h5H,1-4,7-8H2,(H,9,10);3H,1-2,6H2,(H,7,8)(H,9,10);1H/t5-;3-;/m00./s1. The van der Waals surface area contributed by atoms with E-state index in [1.54, 1.807) is 0 Å². The lowest BCUT2D eigenvalue weighted by Crippen LogP contribution is -2.30. The second-order valence-electron chi connectivity index (χ2n) is 4.11. The van der Waals surface area contributed by atoms with E-state index in [9.17, 15) is 14.4 Å². The largest absolute Gasteiger partial charge is 0.481 e. The first-order valence-corrected chi connectivity index (χ1v) is 6.11. The van der Waals surface area contributed by atoms with E-state index in [1.807, 2.05) is 0 Å². The highest BCUT2D eigenvalue weighted by Gasteiger charge is 2.12. The molecule has 9 N–H and O–H groups in total. The Kier molecular flexibility index (Phi) is 17.5. The number of nitrogens with two attached hydrogens (primary N) is 3. The van der Waals surface area contributed by atoms with Crippen molar-refractivity contribution in [3.63, 3.8) is 0 Å². The van der Waals surface area contributed by atoms with Gasteiger partial charge in [-0.05, 0) is 25.8 Å². The van der Waals surface area contributed by atoms with E-state index in [4.69, 9.17) is 32.5 Å². The van der Waals surface area contributed by atoms with E-state index in [0.717, 1.165) is 12.8 Å². The van der Waals surface area contributed by atoms with E-state index in [-0.39, 0.29) is 25.2 Å². The van der Waals surface area contributed by atoms with E-state index in [0.29, 0.717) is 13.0 Å². The van der Waals surface area contributed by atoms with Crippen LogP contribution in [0.15, 0.2) is 0 Å². The van der Waals surface area contributed by atoms with Gasteiger partial charge in [-0.1, -0.05) is 6.42 Å². The molecule has 0 aromatic carbocycles. The fraction of sp³-hybridized carbons (Fsp3) is 0.727. The van der Waals surface area contributed by atoms with Crippen LogP contribution in [0.5, 0.6) is 0 Å². The summed E-state index contributed by atoms with van der Waals surface area (Å²) in [5, 5.41) is 24.6. The highest BCUT2D eigenvalue weighted by Crippen LogP contribution is 1.97. The topological polar surface area (TPSA) is 190 Å². The van der Waals surface area contributed by atoms with Gasteiger partial charge in [0.25, 0.3) is 0 Å². The van der Waals surface area contributed by atoms with E-state index < -0.39 is 30.0 Å². The summed E-state index contributed by atoms with van der Waals surface area (Å²) in [6.07, 6.45) is 1.94. The van der Waals surface area contributed by atoms with Crippen molar-refractivity contribution in [1.29, 1.82) is 0 Å². The number of halogens is 1. The van der Waals surface area contributed by atoms with Crippen LogP contribution < -0.4 is 17.2 Å². The Bertz CT molecular complexity index is 316. The lowest BCUT2D eigenvalue weighted by molar-refractivity contribution is -0.140. The molecule has 21 heavy (non-hydrogen) atoms. The molecule has 0 saturated heterocycles. The van der Waals surface area contributed by atoms with E-state index >= 15 is 0 Å². The number of hydrogen-bond donors (Lipinski definition) is 6. The Balaban J connectivity index is -0.000000295. The molecule has 0 bridgehead atoms. The maximum atomic E-state index is 10.1. The molecular weight excluding hydrogens is 306 g/mol. The number of carbonyl (C=O) groups is 3. The van der Waals surface area contributed by atoms with Crippen molar-refractivity contribution in [3.05, 3.63) is 0 Å². The van der Waals surface area contributed by atoms with Crippen LogP contribution in [0.3, 0.4) is 0 Å². The van der Waals surface area contributed by atoms with Crippen molar-refractivity contribution in [2.75, 3.05) is 6.54 Å². The van der Waals surface area contributed by atoms with Crippen LogP contribution in [0.25, 0.3) is 0 Å². The van der Waals surface area contributed by atoms with Gasteiger partial charge in [0.05, 0.1) is 0 Å². The molecule has 0 saturated carbocycles. The highest BCUT2D eigenvalue weighted by molar-refractivity contribution is 5.85. The third kappa shape index (κ3) is 18.6. The molecule has 2 atom stereocenters. The Morgan fingerprint density at radius 2 is 1.29 bits per heavy atom. The van der Waals surface area contributed by atoms with Gasteiger partial charge in [0.1, 0.15) is 12.1 Å². The van der Waals surface area contributed by atoms with Gasteiger partial charge in [-0.2, -0.15) is 0 Å². The van der Waals surface area contributed by atoms with Crippen molar-refractivity contribution >= 4 is 30.3 Å². The molecule has 0 aliphatic rings. The van der Waals surface area contributed by atoms with Crippen LogP contribution in [0, 0.1) is 0 Å². The number of carboxylic acids is 3. The zero-order valence-corrected chi connectivity index (χ0v) is 12.4. The van der Waals surface area contributed by atoms with Crippen LogP contribution in [-0.4, -0.2) is 51.9 Å². The smallest absolute Gasteiger partial charge is 0.320 e. The van der Waals surface area contributed by atoms with Gasteiger partial charge < -0.3 is 32.5 Å². The number of hydrogen-bond acceptors (Lipinski definition) is 6. The molecule has 0 radical (unpaired) electrons. The molecule has 0 unspecified atom stereocenters. The minimum atomic E-state index is -1.17. The van der Waals surface area contributed by atoms with Crippen LogP contribution in [0.4, 0.5) is 0 Å². The fourth-order valence-corrected chi connectivity index (χ4v) is 1.03. The maximum Gasteiger partial charge on any atom is 0.320 e. The first-order valence-electron chi connectivity index (χ1n) is 6.11. The van der Waals surface area contributed by atoms with Gasteiger partial charge >= 0.3 is 17.9 Å². The van der Waals surface area contributed by atoms with Gasteiger partial charge in [0.2, 0.25) is 0 Å². The minimum absolute atomic E-state index is 0. The molecule has 0 fully saturated rings. The van der Waals surface area contributed by atoms with Gasteiger partial charge in [0, 0.05) is 6.42 Å². The quantitative estimate of drug-likeness (QED) is 0.294. The van der Waals surface area contributed by atoms with Crippen molar-refractivity contribution in [3.8, 4) is 0 Å². The molecule has 0 aliphatic heterocycles. The first kappa shape index (κ1) is 24.6. The molecule has 0 amide bonds. The third-order valence-electron chi connectivity index (χ3n) is 2.27. The number of aliphatic carboxylic acids is 3. The predicted molar refractivity (Wildman–Crippen MR) is 78.2 cm³/mol. The molecule has 0 spiro atoms. The number of rotatable bonds is 9. The Labute approximate surface area is 128 Å². The predicted octanol–water partition coefficient (Wildman–Crippen LogP) is -0.788. The number of unbranched alkanes of at least 4 members (excludes halogenated alkanes) is 1. The van der Waals surface area contributed by atoms with Gasteiger partial charge in [-0.3, -0.25) is 14.4 Å². The van der Waals surface area contributed by atoms with Crippen LogP contribution in [-0.2, 0) is 14.4 Å². The molecular formula is C11H24ClN3O6. The summed E-state index contributed by atoms with van der Waals surface area (Å²) in [5.74, 6) is -3.13. The summed E-state index contributed by atoms with van der Waals surface area (Å²) in [5.41, 5.74) is 15.4. The normalized spacial score (nSPS) is 12.1. The van der Waals surface area contributed by atoms with Crippen LogP contribution >= 0.6 is 12.4 Å². The third-order valence-corrected chi connectivity index (χ3v) is 2.27. The molecule has 10 heteroatoms. The van der Waals surface area contributed by atoms with Gasteiger partial charge in [0.15, 0.2) is 0 Å². The van der Waals surface area contributed by atoms with Gasteiger partial charge in [-0.15, -0.1) is 12.4 Å². The summed E-state index contributed by atoms with van der Waals surface area (Å²) in [6, 6.07) is -1.78. The van der Waals surface area contributed by atoms with Crippen LogP contribution in [0.1, 0.15) is 32.1 Å². The summed E-state index contributed by atoms with van der Waals surface area (Å²) in [7, 11) is 0. The number of carboxylic acid groups (broad SMARTS) is 3.